The van der Waals surface area contributed by atoms with Gasteiger partial charge in [0.1, 0.15) is 0 Å². The number of aryl methyl sites for hydroxylation is 1. The van der Waals surface area contributed by atoms with Crippen LogP contribution in [-0.2, 0) is 6.54 Å². The smallest absolute Gasteiger partial charge is 0.305 e. The maximum Gasteiger partial charge on any atom is 0.326 e. The molecule has 0 spiro atoms. The molecule has 156 valence electrons. The minimum absolute atomic E-state index is 0.0607. The number of hydrogen-bond donors (Lipinski definition) is 1. The number of para-hydroxylation sites is 1. The molecule has 2 aromatic heterocycles. The molecule has 0 radical (unpaired) electrons. The summed E-state index contributed by atoms with van der Waals surface area (Å²) in [5.74, 6) is 0. The first-order valence-corrected chi connectivity index (χ1v) is 11.5. The Hall–Kier alpha value is -2.35. The summed E-state index contributed by atoms with van der Waals surface area (Å²) in [5, 5.41) is 0.628. The lowest BCUT2D eigenvalue weighted by molar-refractivity contribution is 0.183. The number of aromatic nitrogens is 3. The molecule has 3 heterocycles. The Morgan fingerprint density at radius 2 is 1.83 bits per heavy atom. The molecule has 30 heavy (non-hydrogen) atoms. The number of benzene rings is 2. The van der Waals surface area contributed by atoms with E-state index in [1.807, 2.05) is 45.5 Å². The van der Waals surface area contributed by atoms with E-state index in [1.165, 1.54) is 11.3 Å². The Labute approximate surface area is 182 Å². The number of H-pyrrole nitrogens is 1. The van der Waals surface area contributed by atoms with E-state index in [0.717, 1.165) is 66.7 Å². The summed E-state index contributed by atoms with van der Waals surface area (Å²) in [4.78, 5) is 30.3. The molecule has 1 aliphatic heterocycles. The molecule has 8 heteroatoms. The highest BCUT2D eigenvalue weighted by atomic mass is 35.5. The maximum absolute atomic E-state index is 12.5. The van der Waals surface area contributed by atoms with Crippen LogP contribution in [-0.4, -0.2) is 38.7 Å². The van der Waals surface area contributed by atoms with E-state index in [-0.39, 0.29) is 16.6 Å². The van der Waals surface area contributed by atoms with Gasteiger partial charge >= 0.3 is 10.6 Å². The van der Waals surface area contributed by atoms with Gasteiger partial charge in [-0.25, -0.2) is 4.79 Å². The first-order chi connectivity index (χ1) is 14.6. The fourth-order valence-electron chi connectivity index (χ4n) is 4.55. The molecular formula is C22H23ClN4O2S. The topological polar surface area (TPSA) is 63.0 Å². The van der Waals surface area contributed by atoms with Gasteiger partial charge < -0.3 is 9.88 Å². The monoisotopic (exact) mass is 442 g/mol. The predicted octanol–water partition coefficient (Wildman–Crippen LogP) is 4.09. The van der Waals surface area contributed by atoms with Gasteiger partial charge in [0.25, 0.3) is 0 Å². The van der Waals surface area contributed by atoms with Crippen molar-refractivity contribution < 1.29 is 0 Å². The van der Waals surface area contributed by atoms with Gasteiger partial charge in [-0.3, -0.25) is 13.9 Å². The Bertz CT molecular complexity index is 1310. The van der Waals surface area contributed by atoms with Crippen LogP contribution in [0.15, 0.2) is 52.1 Å². The summed E-state index contributed by atoms with van der Waals surface area (Å²) < 4.78 is 4.83. The number of likely N-dealkylation sites (tertiary alicyclic amines) is 1. The van der Waals surface area contributed by atoms with Crippen molar-refractivity contribution in [2.24, 2.45) is 0 Å². The van der Waals surface area contributed by atoms with Crippen LogP contribution in [0.4, 0.5) is 0 Å². The third-order valence-electron chi connectivity index (χ3n) is 6.03. The number of nitrogens with one attached hydrogen (secondary N) is 1. The number of fused-ring (bicyclic) bond motifs is 2. The van der Waals surface area contributed by atoms with Crippen LogP contribution in [0.5, 0.6) is 0 Å². The molecule has 2 aromatic carbocycles. The fraction of sp³-hybridized carbons (Fsp3) is 0.364. The van der Waals surface area contributed by atoms with E-state index in [9.17, 15) is 9.59 Å². The summed E-state index contributed by atoms with van der Waals surface area (Å²) in [6, 6.07) is 13.7. The van der Waals surface area contributed by atoms with Crippen molar-refractivity contribution in [1.82, 2.24) is 19.0 Å². The lowest BCUT2D eigenvalue weighted by Gasteiger charge is -2.32. The van der Waals surface area contributed by atoms with Crippen molar-refractivity contribution in [3.8, 4) is 0 Å². The normalized spacial score (nSPS) is 16.0. The summed E-state index contributed by atoms with van der Waals surface area (Å²) >= 11 is 7.37. The van der Waals surface area contributed by atoms with Crippen molar-refractivity contribution in [2.45, 2.75) is 31.8 Å². The van der Waals surface area contributed by atoms with Crippen molar-refractivity contribution in [3.63, 3.8) is 0 Å². The van der Waals surface area contributed by atoms with Crippen LogP contribution < -0.4 is 10.6 Å². The molecule has 0 bridgehead atoms. The summed E-state index contributed by atoms with van der Waals surface area (Å²) in [5.41, 5.74) is 2.69. The van der Waals surface area contributed by atoms with Gasteiger partial charge in [0.15, 0.2) is 0 Å². The Balaban J connectivity index is 1.21. The van der Waals surface area contributed by atoms with E-state index in [2.05, 4.69) is 9.88 Å². The summed E-state index contributed by atoms with van der Waals surface area (Å²) in [6.45, 7) is 3.61. The zero-order chi connectivity index (χ0) is 20.7. The molecule has 1 saturated heterocycles. The fourth-order valence-corrected chi connectivity index (χ4v) is 5.63. The minimum atomic E-state index is -0.0607. The molecule has 4 aromatic rings. The number of aromatic amines is 1. The third-order valence-corrected chi connectivity index (χ3v) is 7.23. The summed E-state index contributed by atoms with van der Waals surface area (Å²) in [7, 11) is 0. The van der Waals surface area contributed by atoms with Crippen LogP contribution in [0, 0.1) is 0 Å². The van der Waals surface area contributed by atoms with Crippen molar-refractivity contribution >= 4 is 44.2 Å². The van der Waals surface area contributed by atoms with E-state index in [1.54, 1.807) is 6.07 Å². The van der Waals surface area contributed by atoms with E-state index in [4.69, 9.17) is 11.6 Å². The minimum Gasteiger partial charge on any atom is -0.305 e. The lowest BCUT2D eigenvalue weighted by atomic mass is 10.0. The molecule has 5 rings (SSSR count). The molecule has 0 unspecified atom stereocenters. The molecule has 0 aliphatic carbocycles. The number of imidazole rings is 1. The average Bonchev–Trinajstić information content (AvgIpc) is 3.23. The molecule has 6 nitrogen and oxygen atoms in total. The Morgan fingerprint density at radius 1 is 1.03 bits per heavy atom. The number of piperidine rings is 1. The standard InChI is InChI=1S/C22H23ClN4O2S/c23-15-6-7-18-17(14-15)24-21(28)27(18)16-8-12-25(13-9-16)10-3-11-26-19-4-1-2-5-20(19)30-22(26)29/h1-2,4-7,14,16H,3,8-13H2,(H,24,28). The van der Waals surface area contributed by atoms with Gasteiger partial charge in [0, 0.05) is 30.7 Å². The van der Waals surface area contributed by atoms with Crippen LogP contribution in [0.2, 0.25) is 5.02 Å². The molecule has 0 saturated carbocycles. The predicted molar refractivity (Wildman–Crippen MR) is 123 cm³/mol. The highest BCUT2D eigenvalue weighted by Gasteiger charge is 2.23. The van der Waals surface area contributed by atoms with Crippen molar-refractivity contribution in [3.05, 3.63) is 67.6 Å². The Kier molecular flexibility index (Phi) is 5.26. The van der Waals surface area contributed by atoms with Crippen LogP contribution in [0.3, 0.4) is 0 Å². The van der Waals surface area contributed by atoms with Crippen molar-refractivity contribution in [2.75, 3.05) is 19.6 Å². The zero-order valence-corrected chi connectivity index (χ0v) is 18.1. The van der Waals surface area contributed by atoms with E-state index >= 15 is 0 Å². The molecular weight excluding hydrogens is 420 g/mol. The number of halogens is 1. The second-order valence-electron chi connectivity index (χ2n) is 7.88. The van der Waals surface area contributed by atoms with Gasteiger partial charge in [0.2, 0.25) is 0 Å². The van der Waals surface area contributed by atoms with Gasteiger partial charge in [0.05, 0.1) is 21.3 Å². The summed E-state index contributed by atoms with van der Waals surface area (Å²) in [6.07, 6.45) is 2.82. The largest absolute Gasteiger partial charge is 0.326 e. The highest BCUT2D eigenvalue weighted by molar-refractivity contribution is 7.16. The van der Waals surface area contributed by atoms with Gasteiger partial charge in [-0.2, -0.15) is 0 Å². The quantitative estimate of drug-likeness (QED) is 0.506. The van der Waals surface area contributed by atoms with Crippen LogP contribution in [0.1, 0.15) is 25.3 Å². The molecule has 0 amide bonds. The average molecular weight is 443 g/mol. The SMILES string of the molecule is O=c1sc2ccccc2n1CCCN1CCC(n2c(=O)[nH]c3cc(Cl)ccc32)CC1. The van der Waals surface area contributed by atoms with E-state index in [0.29, 0.717) is 5.02 Å². The second kappa shape index (κ2) is 8.06. The third kappa shape index (κ3) is 3.62. The van der Waals surface area contributed by atoms with Gasteiger partial charge in [-0.05, 0) is 56.1 Å². The second-order valence-corrected chi connectivity index (χ2v) is 9.30. The number of hydrogen-bond acceptors (Lipinski definition) is 4. The highest BCUT2D eigenvalue weighted by Crippen LogP contribution is 2.26. The first kappa shape index (κ1) is 19.6. The zero-order valence-electron chi connectivity index (χ0n) is 16.5. The lowest BCUT2D eigenvalue weighted by Crippen LogP contribution is -2.37. The molecule has 1 N–H and O–H groups in total. The van der Waals surface area contributed by atoms with Crippen LogP contribution in [0.25, 0.3) is 21.3 Å². The van der Waals surface area contributed by atoms with Crippen LogP contribution >= 0.6 is 22.9 Å². The number of rotatable bonds is 5. The number of thiazole rings is 1. The van der Waals surface area contributed by atoms with E-state index < -0.39 is 0 Å². The molecule has 0 atom stereocenters. The van der Waals surface area contributed by atoms with Gasteiger partial charge in [-0.1, -0.05) is 35.1 Å². The molecule has 1 fully saturated rings. The number of nitrogens with zero attached hydrogens (tertiary/aromatic N) is 3. The Morgan fingerprint density at radius 3 is 2.67 bits per heavy atom. The first-order valence-electron chi connectivity index (χ1n) is 10.3. The maximum atomic E-state index is 12.5. The molecule has 1 aliphatic rings. The van der Waals surface area contributed by atoms with Crippen molar-refractivity contribution in [1.29, 1.82) is 0 Å². The van der Waals surface area contributed by atoms with Gasteiger partial charge in [-0.15, -0.1) is 0 Å².